The summed E-state index contributed by atoms with van der Waals surface area (Å²) in [4.78, 5) is 65.6. The van der Waals surface area contributed by atoms with Crippen molar-refractivity contribution in [2.45, 2.75) is 114 Å². The smallest absolute Gasteiger partial charge is 0.408 e. The number of alkyl carbamates (subject to hydrolysis) is 1. The Kier molecular flexibility index (Phi) is 10.3. The van der Waals surface area contributed by atoms with Gasteiger partial charge in [0.25, 0.3) is 0 Å². The molecule has 268 valence electrons. The molecule has 1 aliphatic carbocycles. The number of carbonyl (C=O) groups excluding carboxylic acids is 3. The van der Waals surface area contributed by atoms with Gasteiger partial charge in [-0.25, -0.2) is 19.6 Å². The third kappa shape index (κ3) is 7.86. The van der Waals surface area contributed by atoms with E-state index >= 15 is 0 Å². The highest BCUT2D eigenvalue weighted by Gasteiger charge is 2.62. The van der Waals surface area contributed by atoms with Gasteiger partial charge in [-0.2, -0.15) is 0 Å². The highest BCUT2D eigenvalue weighted by molar-refractivity contribution is 7.13. The molecule has 2 aromatic heterocycles. The largest absolute Gasteiger partial charge is 0.479 e. The minimum Gasteiger partial charge on any atom is -0.479 e. The summed E-state index contributed by atoms with van der Waals surface area (Å²) < 4.78 is 12.0. The summed E-state index contributed by atoms with van der Waals surface area (Å²) >= 11 is 1.46. The number of aliphatic carboxylic acids is 1. The minimum atomic E-state index is -1.37. The monoisotopic (exact) mass is 707 g/mol. The highest BCUT2D eigenvalue weighted by atomic mass is 32.1. The number of aliphatic hydroxyl groups excluding tert-OH is 1. The van der Waals surface area contributed by atoms with Crippen molar-refractivity contribution in [2.75, 3.05) is 6.54 Å². The molecule has 0 spiro atoms. The average Bonchev–Trinajstić information content (AvgIpc) is 3.37. The van der Waals surface area contributed by atoms with Crippen LogP contribution in [0.15, 0.2) is 35.7 Å². The van der Waals surface area contributed by atoms with Crippen molar-refractivity contribution in [3.05, 3.63) is 41.3 Å². The Morgan fingerprint density at radius 3 is 2.54 bits per heavy atom. The zero-order valence-electron chi connectivity index (χ0n) is 28.6. The first-order valence-electron chi connectivity index (χ1n) is 17.3. The van der Waals surface area contributed by atoms with Crippen LogP contribution in [0.3, 0.4) is 0 Å². The molecule has 3 amide bonds. The van der Waals surface area contributed by atoms with Crippen LogP contribution in [-0.2, 0) is 25.7 Å². The van der Waals surface area contributed by atoms with Crippen molar-refractivity contribution >= 4 is 46.2 Å². The van der Waals surface area contributed by atoms with Crippen molar-refractivity contribution < 1.29 is 38.9 Å². The van der Waals surface area contributed by atoms with Gasteiger partial charge in [0.15, 0.2) is 0 Å². The molecule has 14 heteroatoms. The number of nitrogens with one attached hydrogen (secondary N) is 2. The second-order valence-electron chi connectivity index (χ2n) is 14.5. The minimum absolute atomic E-state index is 0.0000334. The second-order valence-corrected chi connectivity index (χ2v) is 15.5. The number of hydrogen-bond donors (Lipinski definition) is 4. The van der Waals surface area contributed by atoms with E-state index in [-0.39, 0.29) is 31.4 Å². The van der Waals surface area contributed by atoms with Crippen LogP contribution in [-0.4, -0.2) is 84.8 Å². The van der Waals surface area contributed by atoms with Crippen molar-refractivity contribution in [1.82, 2.24) is 25.5 Å². The summed E-state index contributed by atoms with van der Waals surface area (Å²) in [6.07, 6.45) is 4.22. The van der Waals surface area contributed by atoms with Gasteiger partial charge in [-0.15, -0.1) is 11.3 Å². The zero-order valence-corrected chi connectivity index (χ0v) is 29.5. The fraction of sp³-hybridized carbons (Fsp3) is 0.556. The summed E-state index contributed by atoms with van der Waals surface area (Å²) in [6.45, 7) is 5.07. The maximum Gasteiger partial charge on any atom is 0.408 e. The number of benzene rings is 1. The van der Waals surface area contributed by atoms with E-state index in [0.717, 1.165) is 30.6 Å². The number of hydrogen-bond acceptors (Lipinski definition) is 10. The molecule has 2 saturated heterocycles. The summed E-state index contributed by atoms with van der Waals surface area (Å²) in [5, 5.41) is 27.4. The summed E-state index contributed by atoms with van der Waals surface area (Å²) in [5.74, 6) is -2.07. The Morgan fingerprint density at radius 2 is 1.84 bits per heavy atom. The molecule has 2 aliphatic heterocycles. The number of aliphatic hydroxyl groups is 1. The molecule has 5 atom stereocenters. The highest BCUT2D eigenvalue weighted by Crippen LogP contribution is 2.47. The molecule has 4 N–H and O–H groups in total. The van der Waals surface area contributed by atoms with Crippen LogP contribution in [0.4, 0.5) is 4.79 Å². The van der Waals surface area contributed by atoms with Gasteiger partial charge in [0.05, 0.1) is 29.1 Å². The van der Waals surface area contributed by atoms with Crippen LogP contribution in [0.1, 0.15) is 84.1 Å². The number of ether oxygens (including phenoxy) is 2. The SMILES string of the molecule is CC(C)(C)OC(=O)N[C@H]1CCCCCCCC2CC2(C(=O)O)NC(=O)[C@@H]2C[C@@H](Oc3nc4ccc(CO)cc4nc3-c3cccs3)CN2C1=O. The molecule has 3 fully saturated rings. The molecule has 50 heavy (non-hydrogen) atoms. The molecular formula is C36H45N5O8S. The molecule has 0 radical (unpaired) electrons. The van der Waals surface area contributed by atoms with Crippen LogP contribution < -0.4 is 15.4 Å². The molecule has 2 unspecified atom stereocenters. The van der Waals surface area contributed by atoms with Gasteiger partial charge in [0.2, 0.25) is 17.7 Å². The molecular weight excluding hydrogens is 662 g/mol. The lowest BCUT2D eigenvalue weighted by Gasteiger charge is -2.30. The van der Waals surface area contributed by atoms with Gasteiger partial charge in [0.1, 0.15) is 35.0 Å². The number of rotatable bonds is 6. The van der Waals surface area contributed by atoms with Gasteiger partial charge in [-0.05, 0) is 75.1 Å². The average molecular weight is 708 g/mol. The van der Waals surface area contributed by atoms with Crippen molar-refractivity contribution in [1.29, 1.82) is 0 Å². The Bertz CT molecular complexity index is 1740. The molecule has 1 aromatic carbocycles. The van der Waals surface area contributed by atoms with E-state index in [9.17, 15) is 29.4 Å². The first kappa shape index (κ1) is 35.5. The van der Waals surface area contributed by atoms with E-state index in [0.29, 0.717) is 48.0 Å². The summed E-state index contributed by atoms with van der Waals surface area (Å²) in [5.41, 5.74) is 0.142. The quantitative estimate of drug-likeness (QED) is 0.278. The van der Waals surface area contributed by atoms with Crippen molar-refractivity contribution in [2.24, 2.45) is 5.92 Å². The fourth-order valence-corrected chi connectivity index (χ4v) is 7.70. The topological polar surface area (TPSA) is 180 Å². The van der Waals surface area contributed by atoms with E-state index in [4.69, 9.17) is 19.4 Å². The van der Waals surface area contributed by atoms with Crippen LogP contribution in [0, 0.1) is 5.92 Å². The maximum absolute atomic E-state index is 14.4. The fourth-order valence-electron chi connectivity index (χ4n) is 7.00. The van der Waals surface area contributed by atoms with E-state index < -0.39 is 53.2 Å². The van der Waals surface area contributed by atoms with Gasteiger partial charge in [-0.3, -0.25) is 9.59 Å². The molecule has 6 rings (SSSR count). The van der Waals surface area contributed by atoms with Crippen molar-refractivity contribution in [3.8, 4) is 16.5 Å². The Balaban J connectivity index is 1.33. The lowest BCUT2D eigenvalue weighted by Crippen LogP contribution is -2.56. The van der Waals surface area contributed by atoms with Crippen molar-refractivity contribution in [3.63, 3.8) is 0 Å². The molecule has 13 nitrogen and oxygen atoms in total. The first-order chi connectivity index (χ1) is 23.9. The standard InChI is InChI=1S/C36H45N5O8S/c1-35(2,3)49-34(47)39-25-11-8-6-4-5-7-10-22-18-36(22,33(45)46)40-30(43)27-17-23(19-41(27)32(25)44)48-31-29(28-12-9-15-50-28)37-26-16-21(20-42)13-14-24(26)38-31/h9,12-16,22-23,25,27,42H,4-8,10-11,17-20H2,1-3H3,(H,39,47)(H,40,43)(H,45,46)/t22?,23-,25+,27+,36?/m1/s1. The zero-order chi connectivity index (χ0) is 35.6. The van der Waals surface area contributed by atoms with E-state index in [2.05, 4.69) is 10.6 Å². The Morgan fingerprint density at radius 1 is 1.08 bits per heavy atom. The van der Waals surface area contributed by atoms with Crippen LogP contribution in [0.25, 0.3) is 21.6 Å². The summed E-state index contributed by atoms with van der Waals surface area (Å²) in [6, 6.07) is 7.03. The van der Waals surface area contributed by atoms with Crippen LogP contribution >= 0.6 is 11.3 Å². The first-order valence-corrected chi connectivity index (χ1v) is 18.2. The van der Waals surface area contributed by atoms with Gasteiger partial charge < -0.3 is 35.2 Å². The normalized spacial score (nSPS) is 26.2. The van der Waals surface area contributed by atoms with Crippen LogP contribution in [0.5, 0.6) is 5.88 Å². The molecule has 4 heterocycles. The predicted molar refractivity (Wildman–Crippen MR) is 185 cm³/mol. The predicted octanol–water partition coefficient (Wildman–Crippen LogP) is 4.80. The lowest BCUT2D eigenvalue weighted by atomic mass is 10.0. The molecule has 3 aliphatic rings. The summed E-state index contributed by atoms with van der Waals surface area (Å²) in [7, 11) is 0. The lowest BCUT2D eigenvalue weighted by molar-refractivity contribution is -0.146. The number of fused-ring (bicyclic) bond motifs is 3. The Labute approximate surface area is 294 Å². The number of aromatic nitrogens is 2. The number of thiophene rings is 1. The van der Waals surface area contributed by atoms with Crippen LogP contribution in [0.2, 0.25) is 0 Å². The van der Waals surface area contributed by atoms with E-state index in [1.807, 2.05) is 17.5 Å². The molecule has 1 saturated carbocycles. The molecule has 3 aromatic rings. The Hall–Kier alpha value is -4.30. The molecule has 0 bridgehead atoms. The second kappa shape index (κ2) is 14.5. The number of amides is 3. The van der Waals surface area contributed by atoms with Gasteiger partial charge in [0, 0.05) is 6.42 Å². The number of carbonyl (C=O) groups is 4. The number of nitrogens with zero attached hydrogens (tertiary/aromatic N) is 3. The third-order valence-electron chi connectivity index (χ3n) is 9.63. The maximum atomic E-state index is 14.4. The van der Waals surface area contributed by atoms with Gasteiger partial charge in [-0.1, -0.05) is 44.2 Å². The van der Waals surface area contributed by atoms with E-state index in [1.165, 1.54) is 16.2 Å². The van der Waals surface area contributed by atoms with Gasteiger partial charge >= 0.3 is 12.1 Å². The van der Waals surface area contributed by atoms with E-state index in [1.54, 1.807) is 39.0 Å². The third-order valence-corrected chi connectivity index (χ3v) is 10.5. The number of carboxylic acids is 1. The number of carboxylic acid groups (broad SMARTS) is 1.